The quantitative estimate of drug-likeness (QED) is 0.876. The smallest absolute Gasteiger partial charge is 0.338 e. The first kappa shape index (κ1) is 16.7. The van der Waals surface area contributed by atoms with Crippen LogP contribution in [0.15, 0.2) is 46.0 Å². The summed E-state index contributed by atoms with van der Waals surface area (Å²) in [5, 5.41) is 2.42. The van der Waals surface area contributed by atoms with Crippen molar-refractivity contribution < 1.29 is 9.53 Å². The van der Waals surface area contributed by atoms with Crippen LogP contribution in [-0.4, -0.2) is 22.4 Å². The number of nitrogens with one attached hydrogen (secondary N) is 1. The lowest BCUT2D eigenvalue weighted by Crippen LogP contribution is -2.26. The molecule has 0 aliphatic heterocycles. The average molecular weight is 316 g/mol. The Kier molecular flexibility index (Phi) is 4.83. The summed E-state index contributed by atoms with van der Waals surface area (Å²) in [7, 11) is 0. The van der Waals surface area contributed by atoms with E-state index in [2.05, 4.69) is 25.9 Å². The number of ether oxygens (including phenoxy) is 1. The lowest BCUT2D eigenvalue weighted by molar-refractivity contribution is 0.0465. The highest BCUT2D eigenvalue weighted by atomic mass is 16.5. The van der Waals surface area contributed by atoms with E-state index in [1.165, 1.54) is 12.1 Å². The fourth-order valence-electron chi connectivity index (χ4n) is 1.92. The first-order valence-electron chi connectivity index (χ1n) is 7.36. The number of benzene rings is 1. The minimum Gasteiger partial charge on any atom is -0.462 e. The summed E-state index contributed by atoms with van der Waals surface area (Å²) < 4.78 is 6.34. The van der Waals surface area contributed by atoms with Gasteiger partial charge in [-0.25, -0.2) is 9.48 Å². The molecule has 0 atom stereocenters. The van der Waals surface area contributed by atoms with Crippen LogP contribution in [0.3, 0.4) is 0 Å². The zero-order valence-corrected chi connectivity index (χ0v) is 13.5. The molecule has 0 aliphatic carbocycles. The normalized spacial score (nSPS) is 11.3. The number of esters is 1. The topological polar surface area (TPSA) is 81.2 Å². The summed E-state index contributed by atoms with van der Waals surface area (Å²) in [4.78, 5) is 35.3. The average Bonchev–Trinajstić information content (AvgIpc) is 2.48. The molecular weight excluding hydrogens is 296 g/mol. The molecule has 1 heterocycles. The molecule has 0 aliphatic rings. The SMILES string of the molecule is CC(C)(C)CCOC(=O)c1cccc(-n2[nH]c(=O)ccc2=O)c1. The second kappa shape index (κ2) is 6.64. The number of carbonyl (C=O) groups is 1. The fourth-order valence-corrected chi connectivity index (χ4v) is 1.92. The van der Waals surface area contributed by atoms with Gasteiger partial charge in [-0.05, 0) is 30.0 Å². The molecular formula is C17H20N2O4. The lowest BCUT2D eigenvalue weighted by atomic mass is 9.93. The standard InChI is InChI=1S/C17H20N2O4/c1-17(2,3)9-10-23-16(22)12-5-4-6-13(11-12)19-15(21)8-7-14(20)18-19/h4-8,11H,9-10H2,1-3H3,(H,18,20). The fraction of sp³-hybridized carbons (Fsp3) is 0.353. The number of hydrogen-bond donors (Lipinski definition) is 1. The van der Waals surface area contributed by atoms with E-state index >= 15 is 0 Å². The van der Waals surface area contributed by atoms with E-state index in [0.717, 1.165) is 17.2 Å². The van der Waals surface area contributed by atoms with Crippen LogP contribution in [0.5, 0.6) is 0 Å². The van der Waals surface area contributed by atoms with E-state index in [9.17, 15) is 14.4 Å². The number of H-pyrrole nitrogens is 1. The van der Waals surface area contributed by atoms with Gasteiger partial charge in [-0.3, -0.25) is 14.7 Å². The van der Waals surface area contributed by atoms with Crippen molar-refractivity contribution in [2.75, 3.05) is 6.61 Å². The monoisotopic (exact) mass is 316 g/mol. The molecule has 122 valence electrons. The Labute approximate surface area is 133 Å². The number of rotatable bonds is 4. The van der Waals surface area contributed by atoms with Crippen LogP contribution < -0.4 is 11.1 Å². The number of hydrogen-bond acceptors (Lipinski definition) is 4. The molecule has 0 fully saturated rings. The minimum atomic E-state index is -0.456. The van der Waals surface area contributed by atoms with Crippen LogP contribution in [0.1, 0.15) is 37.6 Å². The Balaban J connectivity index is 2.20. The van der Waals surface area contributed by atoms with Crippen LogP contribution in [0, 0.1) is 5.41 Å². The van der Waals surface area contributed by atoms with Crippen molar-refractivity contribution >= 4 is 5.97 Å². The highest BCUT2D eigenvalue weighted by molar-refractivity contribution is 5.90. The second-order valence-corrected chi connectivity index (χ2v) is 6.48. The van der Waals surface area contributed by atoms with Gasteiger partial charge in [-0.15, -0.1) is 0 Å². The largest absolute Gasteiger partial charge is 0.462 e. The molecule has 0 radical (unpaired) electrons. The lowest BCUT2D eigenvalue weighted by Gasteiger charge is -2.17. The first-order valence-corrected chi connectivity index (χ1v) is 7.36. The number of carbonyl (C=O) groups excluding carboxylic acids is 1. The summed E-state index contributed by atoms with van der Waals surface area (Å²) in [5.41, 5.74) is 0.0236. The minimum absolute atomic E-state index is 0.0823. The van der Waals surface area contributed by atoms with Crippen molar-refractivity contribution in [1.82, 2.24) is 9.78 Å². The van der Waals surface area contributed by atoms with Crippen molar-refractivity contribution in [3.63, 3.8) is 0 Å². The van der Waals surface area contributed by atoms with E-state index in [0.29, 0.717) is 17.9 Å². The molecule has 1 aromatic carbocycles. The van der Waals surface area contributed by atoms with E-state index in [1.807, 2.05) is 0 Å². The van der Waals surface area contributed by atoms with E-state index < -0.39 is 11.5 Å². The summed E-state index contributed by atoms with van der Waals surface area (Å²) >= 11 is 0. The van der Waals surface area contributed by atoms with Crippen LogP contribution in [-0.2, 0) is 4.74 Å². The molecule has 6 nitrogen and oxygen atoms in total. The molecule has 6 heteroatoms. The summed E-state index contributed by atoms with van der Waals surface area (Å²) in [6.07, 6.45) is 0.754. The molecule has 1 N–H and O–H groups in total. The molecule has 0 spiro atoms. The molecule has 2 rings (SSSR count). The maximum absolute atomic E-state index is 12.1. The zero-order valence-electron chi connectivity index (χ0n) is 13.5. The molecule has 0 amide bonds. The molecule has 0 unspecified atom stereocenters. The van der Waals surface area contributed by atoms with Gasteiger partial charge in [0.2, 0.25) is 0 Å². The second-order valence-electron chi connectivity index (χ2n) is 6.48. The van der Waals surface area contributed by atoms with Gasteiger partial charge in [0.05, 0.1) is 17.9 Å². The van der Waals surface area contributed by atoms with Gasteiger partial charge in [0.25, 0.3) is 11.1 Å². The number of aromatic nitrogens is 2. The third kappa shape index (κ3) is 4.67. The Morgan fingerprint density at radius 2 is 1.91 bits per heavy atom. The highest BCUT2D eigenvalue weighted by Gasteiger charge is 2.13. The predicted molar refractivity (Wildman–Crippen MR) is 87.0 cm³/mol. The maximum Gasteiger partial charge on any atom is 0.338 e. The third-order valence-electron chi connectivity index (χ3n) is 3.24. The molecule has 0 saturated heterocycles. The molecule has 0 bridgehead atoms. The highest BCUT2D eigenvalue weighted by Crippen LogP contribution is 2.18. The Morgan fingerprint density at radius 3 is 2.61 bits per heavy atom. The Hall–Kier alpha value is -2.63. The van der Waals surface area contributed by atoms with Gasteiger partial charge in [-0.2, -0.15) is 0 Å². The van der Waals surface area contributed by atoms with Crippen molar-refractivity contribution in [2.45, 2.75) is 27.2 Å². The van der Waals surface area contributed by atoms with Crippen molar-refractivity contribution in [1.29, 1.82) is 0 Å². The van der Waals surface area contributed by atoms with Crippen LogP contribution >= 0.6 is 0 Å². The number of nitrogens with zero attached hydrogens (tertiary/aromatic N) is 1. The molecule has 0 saturated carbocycles. The number of aromatic amines is 1. The summed E-state index contributed by atoms with van der Waals surface area (Å²) in [5.74, 6) is -0.456. The van der Waals surface area contributed by atoms with Crippen molar-refractivity contribution in [3.8, 4) is 5.69 Å². The third-order valence-corrected chi connectivity index (χ3v) is 3.24. The van der Waals surface area contributed by atoms with E-state index in [1.54, 1.807) is 18.2 Å². The molecule has 2 aromatic rings. The van der Waals surface area contributed by atoms with Crippen LogP contribution in [0.25, 0.3) is 5.69 Å². The Bertz CT molecular complexity index is 812. The van der Waals surface area contributed by atoms with E-state index in [-0.39, 0.29) is 11.0 Å². The Morgan fingerprint density at radius 1 is 1.17 bits per heavy atom. The van der Waals surface area contributed by atoms with Gasteiger partial charge in [-0.1, -0.05) is 26.8 Å². The van der Waals surface area contributed by atoms with Crippen molar-refractivity contribution in [2.24, 2.45) is 5.41 Å². The van der Waals surface area contributed by atoms with E-state index in [4.69, 9.17) is 4.74 Å². The van der Waals surface area contributed by atoms with Gasteiger partial charge < -0.3 is 4.74 Å². The van der Waals surface area contributed by atoms with Gasteiger partial charge in [0, 0.05) is 12.1 Å². The maximum atomic E-state index is 12.1. The van der Waals surface area contributed by atoms with Crippen molar-refractivity contribution in [3.05, 3.63) is 62.7 Å². The van der Waals surface area contributed by atoms with Gasteiger partial charge in [0.1, 0.15) is 0 Å². The summed E-state index contributed by atoms with van der Waals surface area (Å²) in [6, 6.07) is 8.71. The summed E-state index contributed by atoms with van der Waals surface area (Å²) in [6.45, 7) is 6.54. The van der Waals surface area contributed by atoms with Gasteiger partial charge in [0.15, 0.2) is 0 Å². The van der Waals surface area contributed by atoms with Crippen LogP contribution in [0.4, 0.5) is 0 Å². The first-order chi connectivity index (χ1) is 10.8. The van der Waals surface area contributed by atoms with Crippen LogP contribution in [0.2, 0.25) is 0 Å². The molecule has 23 heavy (non-hydrogen) atoms. The van der Waals surface area contributed by atoms with Gasteiger partial charge >= 0.3 is 5.97 Å². The predicted octanol–water partition coefficient (Wildman–Crippen LogP) is 2.12. The zero-order chi connectivity index (χ0) is 17.0. The molecule has 1 aromatic heterocycles.